The van der Waals surface area contributed by atoms with Gasteiger partial charge in [-0.25, -0.2) is 0 Å². The van der Waals surface area contributed by atoms with Gasteiger partial charge in [0.25, 0.3) is 0 Å². The standard InChI is InChI=1S/C12H22N4O/c1-4-13-12(10-5-6-16(3)14-10)11-9-15(2)7-8-17-11/h5-6,11-13H,4,7-9H2,1-3H3. The summed E-state index contributed by atoms with van der Waals surface area (Å²) < 4.78 is 7.71. The van der Waals surface area contributed by atoms with E-state index in [-0.39, 0.29) is 12.1 Å². The molecule has 5 nitrogen and oxygen atoms in total. The van der Waals surface area contributed by atoms with Gasteiger partial charge in [-0.3, -0.25) is 4.68 Å². The number of hydrogen-bond donors (Lipinski definition) is 1. The third-order valence-corrected chi connectivity index (χ3v) is 3.15. The Morgan fingerprint density at radius 1 is 1.59 bits per heavy atom. The second kappa shape index (κ2) is 5.62. The van der Waals surface area contributed by atoms with Crippen molar-refractivity contribution in [1.82, 2.24) is 20.0 Å². The Bertz CT molecular complexity index is 352. The molecule has 0 bridgehead atoms. The lowest BCUT2D eigenvalue weighted by Gasteiger charge is -2.34. The van der Waals surface area contributed by atoms with Gasteiger partial charge in [0, 0.05) is 26.3 Å². The second-order valence-electron chi connectivity index (χ2n) is 4.62. The lowest BCUT2D eigenvalue weighted by atomic mass is 10.1. The molecule has 1 saturated heterocycles. The second-order valence-corrected chi connectivity index (χ2v) is 4.62. The fraction of sp³-hybridized carbons (Fsp3) is 0.750. The molecule has 0 amide bonds. The lowest BCUT2D eigenvalue weighted by molar-refractivity contribution is -0.0397. The summed E-state index contributed by atoms with van der Waals surface area (Å²) in [6, 6.07) is 2.25. The van der Waals surface area contributed by atoms with E-state index >= 15 is 0 Å². The molecular weight excluding hydrogens is 216 g/mol. The molecule has 0 aromatic carbocycles. The Labute approximate surface area is 103 Å². The Morgan fingerprint density at radius 3 is 3.00 bits per heavy atom. The largest absolute Gasteiger partial charge is 0.374 e. The van der Waals surface area contributed by atoms with E-state index in [1.54, 1.807) is 0 Å². The van der Waals surface area contributed by atoms with E-state index in [4.69, 9.17) is 4.74 Å². The third-order valence-electron chi connectivity index (χ3n) is 3.15. The number of morpholine rings is 1. The van der Waals surface area contributed by atoms with Crippen LogP contribution in [0.4, 0.5) is 0 Å². The van der Waals surface area contributed by atoms with Crippen LogP contribution < -0.4 is 5.32 Å². The molecule has 0 spiro atoms. The molecule has 1 aliphatic rings. The smallest absolute Gasteiger partial charge is 0.0912 e. The van der Waals surface area contributed by atoms with Crippen LogP contribution in [0.3, 0.4) is 0 Å². The molecular formula is C12H22N4O. The van der Waals surface area contributed by atoms with Gasteiger partial charge in [-0.05, 0) is 19.7 Å². The molecule has 96 valence electrons. The third kappa shape index (κ3) is 3.06. The summed E-state index contributed by atoms with van der Waals surface area (Å²) in [5.41, 5.74) is 1.06. The molecule has 1 fully saturated rings. The highest BCUT2D eigenvalue weighted by atomic mass is 16.5. The highest BCUT2D eigenvalue weighted by Gasteiger charge is 2.28. The van der Waals surface area contributed by atoms with Crippen LogP contribution in [0, 0.1) is 0 Å². The van der Waals surface area contributed by atoms with Crippen molar-refractivity contribution in [3.8, 4) is 0 Å². The first-order valence-corrected chi connectivity index (χ1v) is 6.23. The van der Waals surface area contributed by atoms with E-state index in [0.29, 0.717) is 0 Å². The van der Waals surface area contributed by atoms with Crippen LogP contribution in [0.1, 0.15) is 18.7 Å². The van der Waals surface area contributed by atoms with Crippen molar-refractivity contribution >= 4 is 0 Å². The minimum absolute atomic E-state index is 0.184. The van der Waals surface area contributed by atoms with Crippen LogP contribution >= 0.6 is 0 Å². The van der Waals surface area contributed by atoms with Gasteiger partial charge < -0.3 is 15.0 Å². The summed E-state index contributed by atoms with van der Waals surface area (Å²) in [5.74, 6) is 0. The van der Waals surface area contributed by atoms with Gasteiger partial charge in [0.2, 0.25) is 0 Å². The first-order valence-electron chi connectivity index (χ1n) is 6.23. The molecule has 1 aromatic heterocycles. The number of ether oxygens (including phenoxy) is 1. The van der Waals surface area contributed by atoms with Crippen molar-refractivity contribution in [2.75, 3.05) is 33.3 Å². The van der Waals surface area contributed by atoms with Crippen molar-refractivity contribution in [2.24, 2.45) is 7.05 Å². The average molecular weight is 238 g/mol. The first-order chi connectivity index (χ1) is 8.20. The van der Waals surface area contributed by atoms with Crippen molar-refractivity contribution < 1.29 is 4.74 Å². The number of hydrogen-bond acceptors (Lipinski definition) is 4. The zero-order valence-corrected chi connectivity index (χ0v) is 10.9. The maximum atomic E-state index is 5.87. The van der Waals surface area contributed by atoms with Gasteiger partial charge in [-0.2, -0.15) is 5.10 Å². The Balaban J connectivity index is 2.10. The molecule has 2 heterocycles. The van der Waals surface area contributed by atoms with Gasteiger partial charge in [0.05, 0.1) is 24.4 Å². The summed E-state index contributed by atoms with van der Waals surface area (Å²) >= 11 is 0. The van der Waals surface area contributed by atoms with Gasteiger partial charge in [0.15, 0.2) is 0 Å². The fourth-order valence-electron chi connectivity index (χ4n) is 2.26. The van der Waals surface area contributed by atoms with Gasteiger partial charge in [0.1, 0.15) is 0 Å². The molecule has 2 unspecified atom stereocenters. The molecule has 5 heteroatoms. The number of aromatic nitrogens is 2. The lowest BCUT2D eigenvalue weighted by Crippen LogP contribution is -2.46. The number of likely N-dealkylation sites (N-methyl/N-ethyl adjacent to an activating group) is 2. The minimum atomic E-state index is 0.184. The maximum absolute atomic E-state index is 5.87. The number of aryl methyl sites for hydroxylation is 1. The average Bonchev–Trinajstić information content (AvgIpc) is 2.72. The van der Waals surface area contributed by atoms with Crippen LogP contribution in [0.25, 0.3) is 0 Å². The quantitative estimate of drug-likeness (QED) is 0.824. The summed E-state index contributed by atoms with van der Waals surface area (Å²) in [7, 11) is 4.08. The summed E-state index contributed by atoms with van der Waals surface area (Å²) in [6.45, 7) is 5.80. The zero-order chi connectivity index (χ0) is 12.3. The minimum Gasteiger partial charge on any atom is -0.374 e. The number of nitrogens with zero attached hydrogens (tertiary/aromatic N) is 3. The van der Waals surface area contributed by atoms with Crippen LogP contribution in [-0.2, 0) is 11.8 Å². The van der Waals surface area contributed by atoms with Gasteiger partial charge >= 0.3 is 0 Å². The summed E-state index contributed by atoms with van der Waals surface area (Å²) in [5, 5.41) is 7.96. The topological polar surface area (TPSA) is 42.3 Å². The van der Waals surface area contributed by atoms with E-state index in [0.717, 1.165) is 31.9 Å². The van der Waals surface area contributed by atoms with E-state index in [1.165, 1.54) is 0 Å². The highest BCUT2D eigenvalue weighted by molar-refractivity contribution is 5.08. The predicted octanol–water partition coefficient (Wildman–Crippen LogP) is 0.401. The van der Waals surface area contributed by atoms with E-state index < -0.39 is 0 Å². The first kappa shape index (κ1) is 12.5. The SMILES string of the molecule is CCNC(c1ccn(C)n1)C1CN(C)CCO1. The molecule has 2 atom stereocenters. The van der Waals surface area contributed by atoms with Crippen LogP contribution in [0.15, 0.2) is 12.3 Å². The van der Waals surface area contributed by atoms with Crippen LogP contribution in [-0.4, -0.2) is 54.1 Å². The molecule has 0 radical (unpaired) electrons. The number of rotatable bonds is 4. The van der Waals surface area contributed by atoms with Gasteiger partial charge in [-0.1, -0.05) is 6.92 Å². The zero-order valence-electron chi connectivity index (χ0n) is 10.9. The van der Waals surface area contributed by atoms with E-state index in [2.05, 4.69) is 35.4 Å². The Kier molecular flexibility index (Phi) is 4.15. The predicted molar refractivity (Wildman–Crippen MR) is 66.9 cm³/mol. The van der Waals surface area contributed by atoms with Gasteiger partial charge in [-0.15, -0.1) is 0 Å². The molecule has 2 rings (SSSR count). The molecule has 1 aliphatic heterocycles. The van der Waals surface area contributed by atoms with E-state index in [1.807, 2.05) is 17.9 Å². The Morgan fingerprint density at radius 2 is 2.41 bits per heavy atom. The van der Waals surface area contributed by atoms with Crippen molar-refractivity contribution in [3.63, 3.8) is 0 Å². The Hall–Kier alpha value is -0.910. The normalized spacial score (nSPS) is 23.8. The molecule has 1 N–H and O–H groups in total. The molecule has 17 heavy (non-hydrogen) atoms. The van der Waals surface area contributed by atoms with Crippen LogP contribution in [0.5, 0.6) is 0 Å². The van der Waals surface area contributed by atoms with Crippen molar-refractivity contribution in [2.45, 2.75) is 19.1 Å². The van der Waals surface area contributed by atoms with E-state index in [9.17, 15) is 0 Å². The fourth-order valence-corrected chi connectivity index (χ4v) is 2.26. The maximum Gasteiger partial charge on any atom is 0.0912 e. The molecule has 0 aliphatic carbocycles. The highest BCUT2D eigenvalue weighted by Crippen LogP contribution is 2.20. The summed E-state index contributed by atoms with van der Waals surface area (Å²) in [4.78, 5) is 2.31. The monoisotopic (exact) mass is 238 g/mol. The number of nitrogens with one attached hydrogen (secondary N) is 1. The molecule has 0 saturated carbocycles. The van der Waals surface area contributed by atoms with Crippen molar-refractivity contribution in [3.05, 3.63) is 18.0 Å². The van der Waals surface area contributed by atoms with Crippen LogP contribution in [0.2, 0.25) is 0 Å². The summed E-state index contributed by atoms with van der Waals surface area (Å²) in [6.07, 6.45) is 2.16. The van der Waals surface area contributed by atoms with Crippen molar-refractivity contribution in [1.29, 1.82) is 0 Å². The molecule has 1 aromatic rings.